The van der Waals surface area contributed by atoms with Crippen molar-refractivity contribution in [3.63, 3.8) is 0 Å². The van der Waals surface area contributed by atoms with Gasteiger partial charge in [0, 0.05) is 25.6 Å². The van der Waals surface area contributed by atoms with E-state index in [4.69, 9.17) is 32.7 Å². The molecule has 0 fully saturated rings. The summed E-state index contributed by atoms with van der Waals surface area (Å²) in [5.74, 6) is -0.270. The van der Waals surface area contributed by atoms with E-state index in [1.165, 1.54) is 11.8 Å². The van der Waals surface area contributed by atoms with Gasteiger partial charge in [0.05, 0.1) is 21.5 Å². The van der Waals surface area contributed by atoms with Gasteiger partial charge in [0.15, 0.2) is 11.5 Å². The highest BCUT2D eigenvalue weighted by molar-refractivity contribution is 7.92. The molecule has 1 unspecified atom stereocenters. The number of halogens is 2. The second kappa shape index (κ2) is 14.8. The fourth-order valence-electron chi connectivity index (χ4n) is 4.66. The molecule has 43 heavy (non-hydrogen) atoms. The van der Waals surface area contributed by atoms with Gasteiger partial charge in [-0.15, -0.1) is 0 Å². The Labute approximate surface area is 262 Å². The highest BCUT2D eigenvalue weighted by Gasteiger charge is 2.34. The molecule has 1 heterocycles. The molecule has 1 N–H and O–H groups in total. The fourth-order valence-corrected chi connectivity index (χ4v) is 6.04. The molecule has 2 amide bonds. The molecule has 0 radical (unpaired) electrons. The lowest BCUT2D eigenvalue weighted by Gasteiger charge is -2.34. The van der Waals surface area contributed by atoms with Gasteiger partial charge in [-0.3, -0.25) is 13.9 Å². The van der Waals surface area contributed by atoms with E-state index in [-0.39, 0.29) is 30.3 Å². The van der Waals surface area contributed by atoms with E-state index in [2.05, 4.69) is 5.32 Å². The number of fused-ring (bicyclic) bond motifs is 1. The third-order valence-corrected chi connectivity index (χ3v) is 9.43. The van der Waals surface area contributed by atoms with Crippen molar-refractivity contribution in [1.29, 1.82) is 0 Å². The Morgan fingerprint density at radius 2 is 1.63 bits per heavy atom. The first-order chi connectivity index (χ1) is 20.6. The zero-order valence-corrected chi connectivity index (χ0v) is 26.4. The van der Waals surface area contributed by atoms with Crippen LogP contribution in [0, 0.1) is 0 Å². The maximum absolute atomic E-state index is 14.3. The molecule has 12 heteroatoms. The number of hydrogen-bond donors (Lipinski definition) is 1. The zero-order valence-electron chi connectivity index (χ0n) is 24.1. The Kier molecular flexibility index (Phi) is 11.2. The van der Waals surface area contributed by atoms with E-state index in [0.29, 0.717) is 53.3 Å². The third kappa shape index (κ3) is 8.34. The van der Waals surface area contributed by atoms with Gasteiger partial charge >= 0.3 is 0 Å². The summed E-state index contributed by atoms with van der Waals surface area (Å²) in [6.07, 6.45) is 0.922. The minimum Gasteiger partial charge on any atom is -0.486 e. The van der Waals surface area contributed by atoms with Gasteiger partial charge in [-0.05, 0) is 48.7 Å². The molecule has 230 valence electrons. The molecule has 3 aromatic carbocycles. The lowest BCUT2D eigenvalue weighted by Crippen LogP contribution is -2.53. The van der Waals surface area contributed by atoms with Crippen molar-refractivity contribution in [3.05, 3.63) is 87.9 Å². The van der Waals surface area contributed by atoms with Gasteiger partial charge in [-0.1, -0.05) is 66.5 Å². The van der Waals surface area contributed by atoms with Crippen molar-refractivity contribution < 1.29 is 27.5 Å². The minimum absolute atomic E-state index is 0.00603. The third-order valence-electron chi connectivity index (χ3n) is 6.95. The maximum Gasteiger partial charge on any atom is 0.244 e. The van der Waals surface area contributed by atoms with Crippen molar-refractivity contribution in [2.24, 2.45) is 0 Å². The largest absolute Gasteiger partial charge is 0.486 e. The second-order valence-electron chi connectivity index (χ2n) is 10.0. The Morgan fingerprint density at radius 1 is 0.907 bits per heavy atom. The number of hydrogen-bond acceptors (Lipinski definition) is 6. The normalized spacial score (nSPS) is 13.2. The van der Waals surface area contributed by atoms with E-state index in [9.17, 15) is 18.0 Å². The van der Waals surface area contributed by atoms with Crippen LogP contribution in [0.1, 0.15) is 31.4 Å². The highest BCUT2D eigenvalue weighted by Crippen LogP contribution is 2.35. The molecule has 1 atom stereocenters. The summed E-state index contributed by atoms with van der Waals surface area (Å²) in [4.78, 5) is 29.3. The van der Waals surface area contributed by atoms with Gasteiger partial charge in [0.2, 0.25) is 21.8 Å². The molecule has 0 saturated carbocycles. The fraction of sp³-hybridized carbons (Fsp3) is 0.355. The van der Waals surface area contributed by atoms with Crippen LogP contribution in [0.25, 0.3) is 0 Å². The first kappa shape index (κ1) is 32.4. The van der Waals surface area contributed by atoms with Crippen molar-refractivity contribution in [1.82, 2.24) is 10.2 Å². The Morgan fingerprint density at radius 3 is 2.30 bits per heavy atom. The molecule has 9 nitrogen and oxygen atoms in total. The van der Waals surface area contributed by atoms with Crippen LogP contribution in [0.3, 0.4) is 0 Å². The van der Waals surface area contributed by atoms with Gasteiger partial charge in [-0.25, -0.2) is 8.42 Å². The van der Waals surface area contributed by atoms with Crippen LogP contribution in [0.2, 0.25) is 10.0 Å². The average molecular weight is 649 g/mol. The number of ether oxygens (including phenoxy) is 2. The molecule has 3 aromatic rings. The second-order valence-corrected chi connectivity index (χ2v) is 13.0. The molecular weight excluding hydrogens is 613 g/mol. The van der Waals surface area contributed by atoms with Crippen LogP contribution in [-0.4, -0.2) is 63.2 Å². The summed E-state index contributed by atoms with van der Waals surface area (Å²) in [5.41, 5.74) is 1.73. The number of rotatable bonds is 13. The topological polar surface area (TPSA) is 105 Å². The number of carbonyl (C=O) groups excluding carboxylic acids is 2. The Bertz CT molecular complexity index is 1540. The van der Waals surface area contributed by atoms with Crippen LogP contribution in [0.5, 0.6) is 11.5 Å². The highest BCUT2D eigenvalue weighted by atomic mass is 35.5. The van der Waals surface area contributed by atoms with Crippen LogP contribution in [-0.2, 0) is 32.6 Å². The SMILES string of the molecule is CCCNC(=O)C(Cc1ccccc1)N(Cc1ccc(Cl)c(Cl)c1)C(=O)CN(c1ccc2c(c1)OCCO2)S(=O)(=O)CC. The first-order valence-electron chi connectivity index (χ1n) is 14.1. The number of nitrogens with one attached hydrogen (secondary N) is 1. The molecular formula is C31H35Cl2N3O6S. The predicted molar refractivity (Wildman–Crippen MR) is 168 cm³/mol. The zero-order chi connectivity index (χ0) is 31.0. The number of benzene rings is 3. The maximum atomic E-state index is 14.3. The van der Waals surface area contributed by atoms with Crippen LogP contribution in [0.4, 0.5) is 5.69 Å². The van der Waals surface area contributed by atoms with Crippen LogP contribution < -0.4 is 19.1 Å². The molecule has 0 spiro atoms. The molecule has 1 aliphatic rings. The minimum atomic E-state index is -3.92. The molecule has 0 aromatic heterocycles. The van der Waals surface area contributed by atoms with Crippen molar-refractivity contribution >= 4 is 50.7 Å². The summed E-state index contributed by atoms with van der Waals surface area (Å²) in [7, 11) is -3.92. The number of nitrogens with zero attached hydrogens (tertiary/aromatic N) is 2. The summed E-state index contributed by atoms with van der Waals surface area (Å²) >= 11 is 12.4. The van der Waals surface area contributed by atoms with Crippen molar-refractivity contribution in [2.75, 3.05) is 36.4 Å². The Balaban J connectivity index is 1.75. The summed E-state index contributed by atoms with van der Waals surface area (Å²) in [6.45, 7) is 4.03. The van der Waals surface area contributed by atoms with E-state index >= 15 is 0 Å². The number of sulfonamides is 1. The molecule has 0 aliphatic carbocycles. The van der Waals surface area contributed by atoms with Gasteiger partial charge in [0.25, 0.3) is 0 Å². The number of carbonyl (C=O) groups is 2. The lowest BCUT2D eigenvalue weighted by molar-refractivity contribution is -0.140. The van der Waals surface area contributed by atoms with E-state index in [1.807, 2.05) is 37.3 Å². The van der Waals surface area contributed by atoms with Gasteiger partial charge < -0.3 is 19.7 Å². The quantitative estimate of drug-likeness (QED) is 0.277. The smallest absolute Gasteiger partial charge is 0.244 e. The average Bonchev–Trinajstić information content (AvgIpc) is 3.02. The molecule has 0 saturated heterocycles. The van der Waals surface area contributed by atoms with Gasteiger partial charge in [-0.2, -0.15) is 0 Å². The monoisotopic (exact) mass is 647 g/mol. The molecule has 0 bridgehead atoms. The number of anilines is 1. The predicted octanol–water partition coefficient (Wildman–Crippen LogP) is 5.09. The van der Waals surface area contributed by atoms with Crippen molar-refractivity contribution in [3.8, 4) is 11.5 Å². The number of amides is 2. The van der Waals surface area contributed by atoms with Gasteiger partial charge in [0.1, 0.15) is 25.8 Å². The summed E-state index contributed by atoms with van der Waals surface area (Å²) < 4.78 is 39.1. The van der Waals surface area contributed by atoms with E-state index in [0.717, 1.165) is 9.87 Å². The van der Waals surface area contributed by atoms with Crippen LogP contribution >= 0.6 is 23.2 Å². The summed E-state index contributed by atoms with van der Waals surface area (Å²) in [5, 5.41) is 3.56. The first-order valence-corrected chi connectivity index (χ1v) is 16.4. The lowest BCUT2D eigenvalue weighted by atomic mass is 10.0. The standard InChI is InChI=1S/C31H35Cl2N3O6S/c1-3-14-34-31(38)27(18-22-8-6-5-7-9-22)35(20-23-10-12-25(32)26(33)17-23)30(37)21-36(43(39,40)4-2)24-11-13-28-29(19-24)42-16-15-41-28/h5-13,17,19,27H,3-4,14-16,18,20-21H2,1-2H3,(H,34,38). The van der Waals surface area contributed by atoms with E-state index < -0.39 is 28.5 Å². The Hall–Kier alpha value is -3.47. The molecule has 1 aliphatic heterocycles. The molecule has 4 rings (SSSR count). The van der Waals surface area contributed by atoms with Crippen LogP contribution in [0.15, 0.2) is 66.7 Å². The van der Waals surface area contributed by atoms with E-state index in [1.54, 1.807) is 36.4 Å². The summed E-state index contributed by atoms with van der Waals surface area (Å²) in [6, 6.07) is 18.1. The van der Waals surface area contributed by atoms with Crippen molar-refractivity contribution in [2.45, 2.75) is 39.3 Å².